The van der Waals surface area contributed by atoms with Crippen LogP contribution in [0.2, 0.25) is 0 Å². The molecule has 0 radical (unpaired) electrons. The van der Waals surface area contributed by atoms with Gasteiger partial charge in [-0.1, -0.05) is 0 Å². The molecule has 0 amide bonds. The average Bonchev–Trinajstić information content (AvgIpc) is 2.63. The third-order valence-corrected chi connectivity index (χ3v) is 4.53. The number of rotatable bonds is 1. The Morgan fingerprint density at radius 2 is 1.50 bits per heavy atom. The SMILES string of the molecule is CN1CCNCCN(C2CCOC(C)(C)OC2)CCNCC1. The molecular weight excluding hydrogens is 280 g/mol. The molecule has 0 aliphatic carbocycles. The van der Waals surface area contributed by atoms with E-state index in [1.807, 2.05) is 13.8 Å². The van der Waals surface area contributed by atoms with Gasteiger partial charge in [-0.2, -0.15) is 0 Å². The lowest BCUT2D eigenvalue weighted by molar-refractivity contribution is -0.201. The van der Waals surface area contributed by atoms with Gasteiger partial charge in [-0.15, -0.1) is 0 Å². The van der Waals surface area contributed by atoms with Gasteiger partial charge in [0, 0.05) is 58.4 Å². The summed E-state index contributed by atoms with van der Waals surface area (Å²) in [5.41, 5.74) is 0. The van der Waals surface area contributed by atoms with Gasteiger partial charge >= 0.3 is 0 Å². The molecule has 0 aromatic rings. The highest BCUT2D eigenvalue weighted by molar-refractivity contribution is 4.77. The van der Waals surface area contributed by atoms with Crippen LogP contribution in [0, 0.1) is 0 Å². The summed E-state index contributed by atoms with van der Waals surface area (Å²) >= 11 is 0. The van der Waals surface area contributed by atoms with Gasteiger partial charge in [0.15, 0.2) is 5.79 Å². The summed E-state index contributed by atoms with van der Waals surface area (Å²) in [5.74, 6) is -0.442. The fourth-order valence-electron chi connectivity index (χ4n) is 2.97. The lowest BCUT2D eigenvalue weighted by atomic mass is 10.2. The summed E-state index contributed by atoms with van der Waals surface area (Å²) in [6.45, 7) is 14.1. The maximum atomic E-state index is 5.93. The largest absolute Gasteiger partial charge is 0.350 e. The number of nitrogens with one attached hydrogen (secondary N) is 2. The maximum absolute atomic E-state index is 5.93. The van der Waals surface area contributed by atoms with Crippen molar-refractivity contribution in [3.8, 4) is 0 Å². The van der Waals surface area contributed by atoms with Crippen molar-refractivity contribution in [2.75, 3.05) is 72.6 Å². The highest BCUT2D eigenvalue weighted by Crippen LogP contribution is 2.19. The molecule has 2 aliphatic heterocycles. The van der Waals surface area contributed by atoms with Gasteiger partial charge in [-0.05, 0) is 27.3 Å². The Morgan fingerprint density at radius 3 is 2.14 bits per heavy atom. The summed E-state index contributed by atoms with van der Waals surface area (Å²) in [5, 5.41) is 7.12. The number of nitrogens with zero attached hydrogens (tertiary/aromatic N) is 2. The van der Waals surface area contributed by atoms with Crippen molar-refractivity contribution in [3.63, 3.8) is 0 Å². The first-order valence-corrected chi connectivity index (χ1v) is 8.69. The molecule has 2 saturated heterocycles. The van der Waals surface area contributed by atoms with Crippen molar-refractivity contribution >= 4 is 0 Å². The number of likely N-dealkylation sites (N-methyl/N-ethyl adjacent to an activating group) is 1. The van der Waals surface area contributed by atoms with E-state index in [1.165, 1.54) is 0 Å². The summed E-state index contributed by atoms with van der Waals surface area (Å²) in [4.78, 5) is 4.92. The minimum absolute atomic E-state index is 0.442. The number of ether oxygens (including phenoxy) is 2. The summed E-state index contributed by atoms with van der Waals surface area (Å²) < 4.78 is 11.7. The molecule has 0 aromatic carbocycles. The molecule has 0 aromatic heterocycles. The molecule has 2 aliphatic rings. The Hall–Kier alpha value is -0.240. The zero-order chi connectivity index (χ0) is 15.8. The Labute approximate surface area is 135 Å². The quantitative estimate of drug-likeness (QED) is 0.708. The van der Waals surface area contributed by atoms with Crippen LogP contribution in [0.4, 0.5) is 0 Å². The van der Waals surface area contributed by atoms with Gasteiger partial charge in [0.25, 0.3) is 0 Å². The van der Waals surface area contributed by atoms with E-state index in [0.717, 1.165) is 72.0 Å². The van der Waals surface area contributed by atoms with E-state index in [-0.39, 0.29) is 0 Å². The smallest absolute Gasteiger partial charge is 0.162 e. The zero-order valence-corrected chi connectivity index (χ0v) is 14.6. The Morgan fingerprint density at radius 1 is 0.909 bits per heavy atom. The molecule has 22 heavy (non-hydrogen) atoms. The van der Waals surface area contributed by atoms with Crippen LogP contribution in [-0.2, 0) is 9.47 Å². The van der Waals surface area contributed by atoms with E-state index < -0.39 is 5.79 Å². The fourth-order valence-corrected chi connectivity index (χ4v) is 2.97. The van der Waals surface area contributed by atoms with E-state index in [9.17, 15) is 0 Å². The molecule has 6 nitrogen and oxygen atoms in total. The maximum Gasteiger partial charge on any atom is 0.162 e. The lowest BCUT2D eigenvalue weighted by Crippen LogP contribution is -2.47. The lowest BCUT2D eigenvalue weighted by Gasteiger charge is -2.32. The molecule has 130 valence electrons. The normalized spacial score (nSPS) is 31.0. The van der Waals surface area contributed by atoms with Gasteiger partial charge in [0.1, 0.15) is 0 Å². The Balaban J connectivity index is 1.84. The molecule has 2 rings (SSSR count). The van der Waals surface area contributed by atoms with Crippen LogP contribution in [0.3, 0.4) is 0 Å². The second kappa shape index (κ2) is 9.15. The third-order valence-electron chi connectivity index (χ3n) is 4.53. The van der Waals surface area contributed by atoms with Crippen molar-refractivity contribution in [2.24, 2.45) is 0 Å². The summed E-state index contributed by atoms with van der Waals surface area (Å²) in [7, 11) is 2.19. The van der Waals surface area contributed by atoms with E-state index >= 15 is 0 Å². The standard InChI is InChI=1S/C16H34N4O2/c1-16(2)21-13-4-15(14-22-16)20-11-7-17-5-9-19(3)10-6-18-8-12-20/h15,17-18H,4-14H2,1-3H3. The number of hydrogen-bond acceptors (Lipinski definition) is 6. The van der Waals surface area contributed by atoms with Crippen LogP contribution in [0.1, 0.15) is 20.3 Å². The summed E-state index contributed by atoms with van der Waals surface area (Å²) in [6, 6.07) is 0.455. The Bertz CT molecular complexity index is 301. The minimum atomic E-state index is -0.442. The van der Waals surface area contributed by atoms with E-state index in [2.05, 4.69) is 27.5 Å². The molecule has 2 N–H and O–H groups in total. The predicted octanol–water partition coefficient (Wildman–Crippen LogP) is -0.0454. The topological polar surface area (TPSA) is 49.0 Å². The van der Waals surface area contributed by atoms with E-state index in [1.54, 1.807) is 0 Å². The molecule has 0 bridgehead atoms. The highest BCUT2D eigenvalue weighted by Gasteiger charge is 2.28. The monoisotopic (exact) mass is 314 g/mol. The minimum Gasteiger partial charge on any atom is -0.350 e. The van der Waals surface area contributed by atoms with E-state index in [4.69, 9.17) is 9.47 Å². The van der Waals surface area contributed by atoms with Crippen LogP contribution < -0.4 is 10.6 Å². The van der Waals surface area contributed by atoms with Crippen molar-refractivity contribution in [3.05, 3.63) is 0 Å². The first-order valence-electron chi connectivity index (χ1n) is 8.69. The van der Waals surface area contributed by atoms with Crippen LogP contribution in [0.15, 0.2) is 0 Å². The molecular formula is C16H34N4O2. The molecule has 6 heteroatoms. The van der Waals surface area contributed by atoms with Crippen LogP contribution in [-0.4, -0.2) is 94.2 Å². The first kappa shape index (κ1) is 18.1. The predicted molar refractivity (Wildman–Crippen MR) is 89.2 cm³/mol. The molecule has 0 spiro atoms. The van der Waals surface area contributed by atoms with Crippen molar-refractivity contribution < 1.29 is 9.47 Å². The van der Waals surface area contributed by atoms with Crippen LogP contribution >= 0.6 is 0 Å². The van der Waals surface area contributed by atoms with Gasteiger partial charge in [-0.3, -0.25) is 4.90 Å². The second-order valence-corrected chi connectivity index (χ2v) is 6.84. The average molecular weight is 314 g/mol. The zero-order valence-electron chi connectivity index (χ0n) is 14.6. The van der Waals surface area contributed by atoms with Crippen LogP contribution in [0.5, 0.6) is 0 Å². The van der Waals surface area contributed by atoms with E-state index in [0.29, 0.717) is 6.04 Å². The molecule has 0 saturated carbocycles. The Kier molecular flexibility index (Phi) is 7.53. The van der Waals surface area contributed by atoms with Gasteiger partial charge in [-0.25, -0.2) is 0 Å². The number of hydrogen-bond donors (Lipinski definition) is 2. The van der Waals surface area contributed by atoms with Gasteiger partial charge in [0.05, 0.1) is 13.2 Å². The fraction of sp³-hybridized carbons (Fsp3) is 1.00. The molecule has 2 fully saturated rings. The van der Waals surface area contributed by atoms with Crippen LogP contribution in [0.25, 0.3) is 0 Å². The van der Waals surface area contributed by atoms with Crippen molar-refractivity contribution in [1.82, 2.24) is 20.4 Å². The highest BCUT2D eigenvalue weighted by atomic mass is 16.7. The van der Waals surface area contributed by atoms with Gasteiger partial charge in [0.2, 0.25) is 0 Å². The summed E-state index contributed by atoms with van der Waals surface area (Å²) in [6.07, 6.45) is 1.05. The van der Waals surface area contributed by atoms with Crippen molar-refractivity contribution in [2.45, 2.75) is 32.1 Å². The third kappa shape index (κ3) is 6.48. The first-order chi connectivity index (χ1) is 10.6. The molecule has 1 atom stereocenters. The second-order valence-electron chi connectivity index (χ2n) is 6.84. The van der Waals surface area contributed by atoms with Gasteiger partial charge < -0.3 is 25.0 Å². The molecule has 1 unspecified atom stereocenters. The molecule has 2 heterocycles. The van der Waals surface area contributed by atoms with Crippen molar-refractivity contribution in [1.29, 1.82) is 0 Å².